The summed E-state index contributed by atoms with van der Waals surface area (Å²) in [6.45, 7) is 9.85. The van der Waals surface area contributed by atoms with E-state index < -0.39 is 5.69 Å². The second kappa shape index (κ2) is 11.7. The lowest BCUT2D eigenvalue weighted by Gasteiger charge is -2.22. The van der Waals surface area contributed by atoms with Crippen LogP contribution in [-0.4, -0.2) is 44.6 Å². The second-order valence-electron chi connectivity index (χ2n) is 9.32. The molecule has 1 fully saturated rings. The van der Waals surface area contributed by atoms with Gasteiger partial charge in [-0.1, -0.05) is 30.4 Å². The molecule has 0 amide bonds. The number of allylic oxidation sites excluding steroid dienone is 7. The van der Waals surface area contributed by atoms with Gasteiger partial charge in [0.25, 0.3) is 5.56 Å². The van der Waals surface area contributed by atoms with Crippen LogP contribution in [0.3, 0.4) is 0 Å². The van der Waals surface area contributed by atoms with Gasteiger partial charge in [0.2, 0.25) is 0 Å². The van der Waals surface area contributed by atoms with Gasteiger partial charge in [-0.05, 0) is 59.0 Å². The van der Waals surface area contributed by atoms with Crippen molar-refractivity contribution in [2.24, 2.45) is 0 Å². The van der Waals surface area contributed by atoms with Gasteiger partial charge in [0.05, 0.1) is 6.61 Å². The van der Waals surface area contributed by atoms with Crippen molar-refractivity contribution in [2.75, 3.05) is 13.2 Å². The summed E-state index contributed by atoms with van der Waals surface area (Å²) in [4.78, 5) is 34.1. The Balaban J connectivity index is 1.71. The number of dihydropyridines is 1. The van der Waals surface area contributed by atoms with Crippen LogP contribution in [-0.2, 0) is 22.6 Å². The SMILES string of the molecule is C/C=C\C(=C/C)Cn1c(C2=C(C)NC(C)C=C2)nc2[nH]c(=O)n(CCCOC3CCCCO3)c(=O)c21. The fraction of sp³-hybridized carbons (Fsp3) is 0.519. The van der Waals surface area contributed by atoms with Gasteiger partial charge in [0.1, 0.15) is 5.82 Å². The van der Waals surface area contributed by atoms with Crippen LogP contribution in [0.15, 0.2) is 51.2 Å². The van der Waals surface area contributed by atoms with Crippen molar-refractivity contribution < 1.29 is 9.47 Å². The summed E-state index contributed by atoms with van der Waals surface area (Å²) in [6, 6.07) is 0.207. The van der Waals surface area contributed by atoms with E-state index in [9.17, 15) is 9.59 Å². The summed E-state index contributed by atoms with van der Waals surface area (Å²) < 4.78 is 14.5. The van der Waals surface area contributed by atoms with Crippen LogP contribution in [0.4, 0.5) is 0 Å². The number of H-pyrrole nitrogens is 1. The van der Waals surface area contributed by atoms with Gasteiger partial charge in [-0.15, -0.1) is 0 Å². The Hall–Kier alpha value is -3.17. The van der Waals surface area contributed by atoms with Gasteiger partial charge >= 0.3 is 5.69 Å². The molecule has 194 valence electrons. The highest BCUT2D eigenvalue weighted by atomic mass is 16.7. The summed E-state index contributed by atoms with van der Waals surface area (Å²) in [6.07, 6.45) is 13.5. The summed E-state index contributed by atoms with van der Waals surface area (Å²) in [5, 5.41) is 3.42. The molecule has 2 atom stereocenters. The van der Waals surface area contributed by atoms with E-state index >= 15 is 0 Å². The van der Waals surface area contributed by atoms with E-state index in [-0.39, 0.29) is 24.4 Å². The van der Waals surface area contributed by atoms with Gasteiger partial charge in [-0.25, -0.2) is 9.78 Å². The predicted octanol–water partition coefficient (Wildman–Crippen LogP) is 3.62. The Bertz CT molecular complexity index is 1320. The first kappa shape index (κ1) is 25.9. The lowest BCUT2D eigenvalue weighted by molar-refractivity contribution is -0.163. The lowest BCUT2D eigenvalue weighted by atomic mass is 10.1. The minimum absolute atomic E-state index is 0.192. The molecular formula is C27H37N5O4. The van der Waals surface area contributed by atoms with Gasteiger partial charge in [0.15, 0.2) is 17.5 Å². The summed E-state index contributed by atoms with van der Waals surface area (Å²) in [5.41, 5.74) is 2.78. The van der Waals surface area contributed by atoms with E-state index in [1.54, 1.807) is 0 Å². The molecule has 9 nitrogen and oxygen atoms in total. The first-order valence-electron chi connectivity index (χ1n) is 12.8. The Morgan fingerprint density at radius 2 is 2.11 bits per heavy atom. The van der Waals surface area contributed by atoms with Crippen molar-refractivity contribution in [1.82, 2.24) is 24.4 Å². The minimum atomic E-state index is -0.464. The lowest BCUT2D eigenvalue weighted by Crippen LogP contribution is -2.36. The zero-order chi connectivity index (χ0) is 25.7. The van der Waals surface area contributed by atoms with Crippen molar-refractivity contribution in [1.29, 1.82) is 0 Å². The van der Waals surface area contributed by atoms with E-state index in [4.69, 9.17) is 14.5 Å². The molecule has 0 saturated carbocycles. The number of rotatable bonds is 9. The van der Waals surface area contributed by atoms with Crippen LogP contribution in [0.2, 0.25) is 0 Å². The Labute approximate surface area is 211 Å². The molecule has 0 radical (unpaired) electrons. The van der Waals surface area contributed by atoms with Crippen molar-refractivity contribution in [2.45, 2.75) is 78.8 Å². The molecule has 2 unspecified atom stereocenters. The normalized spacial score (nSPS) is 21.1. The first-order chi connectivity index (χ1) is 17.4. The summed E-state index contributed by atoms with van der Waals surface area (Å²) in [5.74, 6) is 0.644. The van der Waals surface area contributed by atoms with Crippen LogP contribution in [0.5, 0.6) is 0 Å². The number of aromatic nitrogens is 4. The van der Waals surface area contributed by atoms with Gasteiger partial charge in [-0.3, -0.25) is 14.3 Å². The fourth-order valence-electron chi connectivity index (χ4n) is 4.70. The van der Waals surface area contributed by atoms with Crippen LogP contribution < -0.4 is 16.6 Å². The maximum absolute atomic E-state index is 13.7. The third-order valence-electron chi connectivity index (χ3n) is 6.59. The molecule has 4 heterocycles. The summed E-state index contributed by atoms with van der Waals surface area (Å²) >= 11 is 0. The van der Waals surface area contributed by atoms with Gasteiger partial charge in [0, 0.05) is 37.0 Å². The highest BCUT2D eigenvalue weighted by molar-refractivity contribution is 5.81. The number of imidazole rings is 1. The molecule has 0 aliphatic carbocycles. The smallest absolute Gasteiger partial charge is 0.330 e. The third-order valence-corrected chi connectivity index (χ3v) is 6.59. The topological polar surface area (TPSA) is 103 Å². The van der Waals surface area contributed by atoms with E-state index in [0.29, 0.717) is 43.2 Å². The molecule has 0 aromatic carbocycles. The standard InChI is InChI=1S/C27H37N5O4/c1-5-10-20(6-2)17-32-23-24(29-25(32)21-13-12-18(3)28-19(21)4)30-27(34)31(26(23)33)14-9-16-36-22-11-7-8-15-35-22/h5-6,10,12-13,18,22,28H,7-9,11,14-17H2,1-4H3,(H,30,34)/b10-5-,20-6+. The van der Waals surface area contributed by atoms with Crippen LogP contribution in [0.1, 0.15) is 59.2 Å². The number of hydrogen-bond acceptors (Lipinski definition) is 6. The molecule has 1 saturated heterocycles. The van der Waals surface area contributed by atoms with Gasteiger partial charge in [-0.2, -0.15) is 0 Å². The van der Waals surface area contributed by atoms with Gasteiger partial charge < -0.3 is 19.4 Å². The monoisotopic (exact) mass is 495 g/mol. The zero-order valence-corrected chi connectivity index (χ0v) is 21.7. The van der Waals surface area contributed by atoms with Crippen molar-refractivity contribution in [3.05, 3.63) is 68.3 Å². The molecule has 0 spiro atoms. The number of fused-ring (bicyclic) bond motifs is 1. The Morgan fingerprint density at radius 1 is 1.28 bits per heavy atom. The summed E-state index contributed by atoms with van der Waals surface area (Å²) in [7, 11) is 0. The molecule has 36 heavy (non-hydrogen) atoms. The molecule has 4 rings (SSSR count). The van der Waals surface area contributed by atoms with E-state index in [1.165, 1.54) is 4.57 Å². The Morgan fingerprint density at radius 3 is 2.81 bits per heavy atom. The fourth-order valence-corrected chi connectivity index (χ4v) is 4.70. The van der Waals surface area contributed by atoms with Crippen LogP contribution in [0.25, 0.3) is 16.7 Å². The molecule has 2 aliphatic heterocycles. The molecule has 0 bridgehead atoms. The molecule has 2 N–H and O–H groups in total. The largest absolute Gasteiger partial charge is 0.382 e. The van der Waals surface area contributed by atoms with Crippen molar-refractivity contribution in [3.63, 3.8) is 0 Å². The first-order valence-corrected chi connectivity index (χ1v) is 12.8. The van der Waals surface area contributed by atoms with Crippen molar-refractivity contribution >= 4 is 16.7 Å². The molecule has 9 heteroatoms. The van der Waals surface area contributed by atoms with Crippen LogP contribution >= 0.6 is 0 Å². The molecule has 2 aliphatic rings. The highest BCUT2D eigenvalue weighted by Gasteiger charge is 2.22. The van der Waals surface area contributed by atoms with E-state index in [1.807, 2.05) is 49.6 Å². The number of hydrogen-bond donors (Lipinski definition) is 2. The maximum Gasteiger partial charge on any atom is 0.330 e. The number of aromatic amines is 1. The average molecular weight is 496 g/mol. The number of ether oxygens (including phenoxy) is 2. The maximum atomic E-state index is 13.7. The number of nitrogens with zero attached hydrogens (tertiary/aromatic N) is 3. The molecule has 2 aromatic heterocycles. The van der Waals surface area contributed by atoms with Crippen LogP contribution in [0, 0.1) is 0 Å². The average Bonchev–Trinajstić information content (AvgIpc) is 3.21. The third kappa shape index (κ3) is 5.63. The number of nitrogens with one attached hydrogen (secondary N) is 2. The quantitative estimate of drug-likeness (QED) is 0.407. The van der Waals surface area contributed by atoms with E-state index in [2.05, 4.69) is 23.3 Å². The van der Waals surface area contributed by atoms with Crippen molar-refractivity contribution in [3.8, 4) is 0 Å². The molecular weight excluding hydrogens is 458 g/mol. The van der Waals surface area contributed by atoms with E-state index in [0.717, 1.165) is 36.1 Å². The molecule has 2 aromatic rings. The predicted molar refractivity (Wildman–Crippen MR) is 142 cm³/mol. The zero-order valence-electron chi connectivity index (χ0n) is 21.7. The second-order valence-corrected chi connectivity index (χ2v) is 9.32. The highest BCUT2D eigenvalue weighted by Crippen LogP contribution is 2.25. The Kier molecular flexibility index (Phi) is 8.43. The minimum Gasteiger partial charge on any atom is -0.382 e.